The van der Waals surface area contributed by atoms with Gasteiger partial charge in [-0.1, -0.05) is 133 Å². The van der Waals surface area contributed by atoms with Gasteiger partial charge in [0.1, 0.15) is 0 Å². The topological polar surface area (TPSA) is 19.7 Å². The Balaban J connectivity index is 0.859. The average molecular weight is 817 g/mol. The predicted octanol–water partition coefficient (Wildman–Crippen LogP) is 15.5. The monoisotopic (exact) mass is 816 g/mol. The van der Waals surface area contributed by atoms with E-state index in [2.05, 4.69) is 237 Å². The molecule has 14 rings (SSSR count). The van der Waals surface area contributed by atoms with Crippen molar-refractivity contribution in [2.24, 2.45) is 0 Å². The largest absolute Gasteiger partial charge is 0.310 e. The van der Waals surface area contributed by atoms with Gasteiger partial charge in [-0.15, -0.1) is 0 Å². The van der Waals surface area contributed by atoms with Crippen LogP contribution in [0, 0.1) is 0 Å². The summed E-state index contributed by atoms with van der Waals surface area (Å²) in [5, 5.41) is 8.90. The fourth-order valence-corrected chi connectivity index (χ4v) is 11.0. The smallest absolute Gasteiger partial charge is 0.0561 e. The molecule has 0 saturated carbocycles. The van der Waals surface area contributed by atoms with E-state index >= 15 is 0 Å². The first-order valence-corrected chi connectivity index (χ1v) is 22.3. The fraction of sp³-hybridized carbons (Fsp3) is 0.0333. The standard InChI is InChI=1S/C60H40N4/c1-9-21-55-45(13-1)46-14-2-10-22-56(46)63(55)43-33-35-51-49-17-5-7-19-53(49)61(59(51)37-43)41-29-25-39(26-30-41)40-27-31-42(32-28-40)62-54-20-8-6-18-50(54)52-36-34-44(38-60(52)62)64-57-23-11-3-15-47(57)48-16-4-12-24-58(48)64/h1-3,5-15,17-38H,4,16H2. The number of rotatable bonds is 5. The van der Waals surface area contributed by atoms with Gasteiger partial charge in [-0.05, 0) is 114 Å². The van der Waals surface area contributed by atoms with Crippen LogP contribution in [0.4, 0.5) is 0 Å². The Morgan fingerprint density at radius 2 is 0.625 bits per heavy atom. The number of hydrogen-bond acceptors (Lipinski definition) is 0. The first-order valence-electron chi connectivity index (χ1n) is 22.3. The second-order valence-corrected chi connectivity index (χ2v) is 17.2. The van der Waals surface area contributed by atoms with Crippen LogP contribution < -0.4 is 0 Å². The van der Waals surface area contributed by atoms with Crippen LogP contribution >= 0.6 is 0 Å². The Morgan fingerprint density at radius 1 is 0.281 bits per heavy atom. The van der Waals surface area contributed by atoms with Gasteiger partial charge in [0.15, 0.2) is 0 Å². The van der Waals surface area contributed by atoms with Crippen LogP contribution in [-0.2, 0) is 6.42 Å². The normalized spacial score (nSPS) is 12.8. The highest BCUT2D eigenvalue weighted by molar-refractivity contribution is 6.13. The summed E-state index contributed by atoms with van der Waals surface area (Å²) in [5.74, 6) is 0. The number of nitrogens with zero attached hydrogens (tertiary/aromatic N) is 4. The van der Waals surface area contributed by atoms with Gasteiger partial charge in [0.25, 0.3) is 0 Å². The number of para-hydroxylation sites is 5. The highest BCUT2D eigenvalue weighted by Crippen LogP contribution is 2.40. The molecule has 4 heteroatoms. The van der Waals surface area contributed by atoms with Crippen LogP contribution in [0.2, 0.25) is 0 Å². The maximum absolute atomic E-state index is 2.46. The lowest BCUT2D eigenvalue weighted by Crippen LogP contribution is -2.01. The first kappa shape index (κ1) is 35.3. The molecule has 0 saturated heterocycles. The number of benzene rings is 9. The summed E-state index contributed by atoms with van der Waals surface area (Å²) in [6, 6.07) is 76.0. The molecule has 0 aliphatic heterocycles. The molecule has 13 aromatic rings. The molecule has 0 unspecified atom stereocenters. The maximum atomic E-state index is 2.46. The first-order chi connectivity index (χ1) is 31.8. The lowest BCUT2D eigenvalue weighted by atomic mass is 10.0. The highest BCUT2D eigenvalue weighted by Gasteiger charge is 2.21. The SMILES string of the molecule is C1=Cc2c(c3ccccc3n2-c2ccc3c4ccccc4n(-c4ccc(-c5ccc(-n6c7ccccc7c7ccc(-n8c9ccccc9c9ccccc98)cc76)cc5)cc4)c3c2)CC1. The van der Waals surface area contributed by atoms with Crippen molar-refractivity contribution in [3.63, 3.8) is 0 Å². The zero-order chi connectivity index (χ0) is 41.9. The van der Waals surface area contributed by atoms with Crippen molar-refractivity contribution in [1.82, 2.24) is 18.3 Å². The van der Waals surface area contributed by atoms with Gasteiger partial charge in [0, 0.05) is 66.1 Å². The second-order valence-electron chi connectivity index (χ2n) is 17.2. The highest BCUT2D eigenvalue weighted by atomic mass is 15.0. The summed E-state index contributed by atoms with van der Waals surface area (Å²) in [6.07, 6.45) is 6.79. The third kappa shape index (κ3) is 5.05. The summed E-state index contributed by atoms with van der Waals surface area (Å²) >= 11 is 0. The van der Waals surface area contributed by atoms with Crippen molar-refractivity contribution in [1.29, 1.82) is 0 Å². The van der Waals surface area contributed by atoms with E-state index in [0.29, 0.717) is 0 Å². The molecule has 0 bridgehead atoms. The lowest BCUT2D eigenvalue weighted by Gasteiger charge is -2.14. The number of hydrogen-bond donors (Lipinski definition) is 0. The van der Waals surface area contributed by atoms with E-state index in [1.807, 2.05) is 0 Å². The van der Waals surface area contributed by atoms with E-state index in [4.69, 9.17) is 0 Å². The van der Waals surface area contributed by atoms with Crippen molar-refractivity contribution < 1.29 is 0 Å². The van der Waals surface area contributed by atoms with Gasteiger partial charge < -0.3 is 18.3 Å². The maximum Gasteiger partial charge on any atom is 0.0561 e. The average Bonchev–Trinajstić information content (AvgIpc) is 4.09. The molecular weight excluding hydrogens is 777 g/mol. The zero-order valence-corrected chi connectivity index (χ0v) is 35.0. The number of allylic oxidation sites excluding steroid dienone is 1. The van der Waals surface area contributed by atoms with E-state index in [-0.39, 0.29) is 0 Å². The van der Waals surface area contributed by atoms with Gasteiger partial charge in [-0.2, -0.15) is 0 Å². The molecule has 4 heterocycles. The van der Waals surface area contributed by atoms with Gasteiger partial charge in [-0.25, -0.2) is 0 Å². The van der Waals surface area contributed by atoms with Gasteiger partial charge in [-0.3, -0.25) is 0 Å². The van der Waals surface area contributed by atoms with Crippen molar-refractivity contribution in [3.05, 3.63) is 224 Å². The lowest BCUT2D eigenvalue weighted by molar-refractivity contribution is 0.968. The second kappa shape index (κ2) is 13.6. The quantitative estimate of drug-likeness (QED) is 0.165. The van der Waals surface area contributed by atoms with Crippen molar-refractivity contribution in [2.45, 2.75) is 12.8 Å². The van der Waals surface area contributed by atoms with E-state index < -0.39 is 0 Å². The summed E-state index contributed by atoms with van der Waals surface area (Å²) < 4.78 is 9.72. The minimum Gasteiger partial charge on any atom is -0.310 e. The molecule has 1 aliphatic rings. The van der Waals surface area contributed by atoms with Crippen LogP contribution in [0.5, 0.6) is 0 Å². The van der Waals surface area contributed by atoms with Crippen LogP contribution in [0.25, 0.3) is 116 Å². The van der Waals surface area contributed by atoms with Crippen molar-refractivity contribution in [3.8, 4) is 33.9 Å². The van der Waals surface area contributed by atoms with Crippen LogP contribution in [0.15, 0.2) is 212 Å². The molecule has 1 aliphatic carbocycles. The third-order valence-electron chi connectivity index (χ3n) is 13.9. The Morgan fingerprint density at radius 3 is 1.08 bits per heavy atom. The number of fused-ring (bicyclic) bond motifs is 12. The zero-order valence-electron chi connectivity index (χ0n) is 35.0. The molecule has 9 aromatic carbocycles. The molecule has 300 valence electrons. The summed E-state index contributed by atoms with van der Waals surface area (Å²) in [7, 11) is 0. The van der Waals surface area contributed by atoms with Crippen LogP contribution in [0.1, 0.15) is 17.7 Å². The molecule has 0 N–H and O–H groups in total. The third-order valence-corrected chi connectivity index (χ3v) is 13.9. The van der Waals surface area contributed by atoms with Crippen LogP contribution in [0.3, 0.4) is 0 Å². The van der Waals surface area contributed by atoms with Crippen molar-refractivity contribution >= 4 is 82.4 Å². The van der Waals surface area contributed by atoms with Gasteiger partial charge in [0.05, 0.1) is 38.6 Å². The molecule has 0 spiro atoms. The van der Waals surface area contributed by atoms with Crippen molar-refractivity contribution in [2.75, 3.05) is 0 Å². The molecule has 0 atom stereocenters. The summed E-state index contributed by atoms with van der Waals surface area (Å²) in [5.41, 5.74) is 18.2. The van der Waals surface area contributed by atoms with Gasteiger partial charge in [0.2, 0.25) is 0 Å². The predicted molar refractivity (Wildman–Crippen MR) is 269 cm³/mol. The fourth-order valence-electron chi connectivity index (χ4n) is 11.0. The molecular formula is C60H40N4. The molecule has 4 nitrogen and oxygen atoms in total. The van der Waals surface area contributed by atoms with E-state index in [1.165, 1.54) is 104 Å². The van der Waals surface area contributed by atoms with E-state index in [1.54, 1.807) is 0 Å². The van der Waals surface area contributed by atoms with Crippen LogP contribution in [-0.4, -0.2) is 18.3 Å². The Labute approximate surface area is 369 Å². The van der Waals surface area contributed by atoms with Gasteiger partial charge >= 0.3 is 0 Å². The Hall–Kier alpha value is -8.34. The van der Waals surface area contributed by atoms with E-state index in [9.17, 15) is 0 Å². The Kier molecular flexibility index (Phi) is 7.48. The summed E-state index contributed by atoms with van der Waals surface area (Å²) in [4.78, 5) is 0. The molecule has 64 heavy (non-hydrogen) atoms. The minimum atomic E-state index is 1.07. The molecule has 0 amide bonds. The number of aromatic nitrogens is 4. The molecule has 4 aromatic heterocycles. The summed E-state index contributed by atoms with van der Waals surface area (Å²) in [6.45, 7) is 0. The van der Waals surface area contributed by atoms with E-state index in [0.717, 1.165) is 29.9 Å². The molecule has 0 fully saturated rings. The minimum absolute atomic E-state index is 1.07. The Bertz CT molecular complexity index is 4000. The molecule has 0 radical (unpaired) electrons. The number of aryl methyl sites for hydroxylation is 1.